The Hall–Kier alpha value is -1.54. The van der Waals surface area contributed by atoms with Crippen molar-refractivity contribution >= 4 is 28.2 Å². The molecule has 0 amide bonds. The molecule has 0 aliphatic carbocycles. The van der Waals surface area contributed by atoms with Gasteiger partial charge in [0.05, 0.1) is 6.61 Å². The first kappa shape index (κ1) is 26.7. The number of hydrogen-bond acceptors (Lipinski definition) is 2. The first-order valence-corrected chi connectivity index (χ1v) is 13.3. The lowest BCUT2D eigenvalue weighted by atomic mass is 9.78. The molecule has 0 bridgehead atoms. The molecule has 2 aromatic rings. The highest BCUT2D eigenvalue weighted by Crippen LogP contribution is 2.33. The van der Waals surface area contributed by atoms with Crippen LogP contribution in [0.3, 0.4) is 0 Å². The Balaban J connectivity index is 1.71. The van der Waals surface area contributed by atoms with E-state index in [0.717, 1.165) is 24.0 Å². The number of carbonyl (C=O) groups excluding carboxylic acids is 1. The Morgan fingerprint density at radius 1 is 0.812 bits per heavy atom. The maximum Gasteiger partial charge on any atom is 0.137 e. The summed E-state index contributed by atoms with van der Waals surface area (Å²) in [7, 11) is 0. The fraction of sp³-hybridized carbons (Fsp3) is 0.621. The van der Waals surface area contributed by atoms with Crippen molar-refractivity contribution in [1.29, 1.82) is 0 Å². The Bertz CT molecular complexity index is 782. The van der Waals surface area contributed by atoms with Crippen molar-refractivity contribution in [2.75, 3.05) is 12.5 Å². The zero-order valence-corrected chi connectivity index (χ0v) is 21.1. The largest absolute Gasteiger partial charge is 0.493 e. The number of ether oxygens (including phenoxy) is 1. The van der Waals surface area contributed by atoms with Gasteiger partial charge in [0.25, 0.3) is 0 Å². The van der Waals surface area contributed by atoms with Gasteiger partial charge < -0.3 is 4.74 Å². The van der Waals surface area contributed by atoms with Crippen LogP contribution in [-0.2, 0) is 4.79 Å². The highest BCUT2D eigenvalue weighted by Gasteiger charge is 2.34. The Morgan fingerprint density at radius 3 is 2.03 bits per heavy atom. The van der Waals surface area contributed by atoms with Crippen molar-refractivity contribution in [2.24, 2.45) is 5.41 Å². The van der Waals surface area contributed by atoms with Gasteiger partial charge in [0.2, 0.25) is 0 Å². The van der Waals surface area contributed by atoms with E-state index in [9.17, 15) is 4.79 Å². The predicted molar refractivity (Wildman–Crippen MR) is 139 cm³/mol. The molecule has 1 atom stereocenters. The van der Waals surface area contributed by atoms with Gasteiger partial charge in [-0.3, -0.25) is 4.79 Å². The van der Waals surface area contributed by atoms with E-state index in [-0.39, 0.29) is 5.78 Å². The number of benzene rings is 2. The van der Waals surface area contributed by atoms with Crippen molar-refractivity contribution < 1.29 is 9.53 Å². The SMILES string of the molecule is CCCCCCCCCCCCCC(CCl)(CCOc1cccc2ccccc12)C(C)=O. The Morgan fingerprint density at radius 2 is 1.41 bits per heavy atom. The Labute approximate surface area is 201 Å². The highest BCUT2D eigenvalue weighted by molar-refractivity contribution is 6.20. The standard InChI is InChI=1S/C29H43ClO2/c1-3-4-5-6-7-8-9-10-11-12-15-21-29(24-30,25(2)31)22-23-32-28-20-16-18-26-17-13-14-19-27(26)28/h13-14,16-20H,3-12,15,21-24H2,1-2H3. The molecule has 2 aromatic carbocycles. The zero-order valence-electron chi connectivity index (χ0n) is 20.3. The van der Waals surface area contributed by atoms with Crippen molar-refractivity contribution in [2.45, 2.75) is 97.3 Å². The number of unbranched alkanes of at least 4 members (excludes halogenated alkanes) is 10. The van der Waals surface area contributed by atoms with Gasteiger partial charge in [0.1, 0.15) is 11.5 Å². The highest BCUT2D eigenvalue weighted by atomic mass is 35.5. The maximum absolute atomic E-state index is 12.5. The number of fused-ring (bicyclic) bond motifs is 1. The van der Waals surface area contributed by atoms with E-state index >= 15 is 0 Å². The minimum atomic E-state index is -0.467. The number of rotatable bonds is 18. The summed E-state index contributed by atoms with van der Waals surface area (Å²) < 4.78 is 6.12. The first-order valence-electron chi connectivity index (χ1n) is 12.8. The molecule has 32 heavy (non-hydrogen) atoms. The molecule has 3 heteroatoms. The molecule has 2 nitrogen and oxygen atoms in total. The first-order chi connectivity index (χ1) is 15.6. The summed E-state index contributed by atoms with van der Waals surface area (Å²) in [5.74, 6) is 1.45. The third kappa shape index (κ3) is 8.77. The van der Waals surface area contributed by atoms with Crippen LogP contribution in [0.2, 0.25) is 0 Å². The normalized spacial score (nSPS) is 13.2. The topological polar surface area (TPSA) is 26.3 Å². The van der Waals surface area contributed by atoms with Crippen molar-refractivity contribution in [1.82, 2.24) is 0 Å². The number of alkyl halides is 1. The fourth-order valence-corrected chi connectivity index (χ4v) is 4.97. The molecule has 0 saturated heterocycles. The summed E-state index contributed by atoms with van der Waals surface area (Å²) in [6, 6.07) is 14.3. The van der Waals surface area contributed by atoms with Gasteiger partial charge in [0.15, 0.2) is 0 Å². The van der Waals surface area contributed by atoms with Gasteiger partial charge in [-0.1, -0.05) is 114 Å². The summed E-state index contributed by atoms with van der Waals surface area (Å²) in [6.45, 7) is 4.47. The molecule has 178 valence electrons. The number of hydrogen-bond donors (Lipinski definition) is 0. The number of carbonyl (C=O) groups is 1. The minimum Gasteiger partial charge on any atom is -0.493 e. The molecule has 0 spiro atoms. The monoisotopic (exact) mass is 458 g/mol. The van der Waals surface area contributed by atoms with Crippen LogP contribution in [0.5, 0.6) is 5.75 Å². The molecule has 0 aliphatic rings. The second kappa shape index (κ2) is 15.3. The van der Waals surface area contributed by atoms with Crippen LogP contribution in [-0.4, -0.2) is 18.3 Å². The smallest absolute Gasteiger partial charge is 0.137 e. The lowest BCUT2D eigenvalue weighted by molar-refractivity contribution is -0.126. The summed E-state index contributed by atoms with van der Waals surface area (Å²) in [5.41, 5.74) is -0.467. The van der Waals surface area contributed by atoms with Gasteiger partial charge in [-0.25, -0.2) is 0 Å². The average molecular weight is 459 g/mol. The van der Waals surface area contributed by atoms with Gasteiger partial charge in [-0.2, -0.15) is 0 Å². The summed E-state index contributed by atoms with van der Waals surface area (Å²) in [4.78, 5) is 12.5. The van der Waals surface area contributed by atoms with E-state index in [1.165, 1.54) is 69.6 Å². The van der Waals surface area contributed by atoms with E-state index < -0.39 is 5.41 Å². The van der Waals surface area contributed by atoms with Gasteiger partial charge in [0, 0.05) is 16.7 Å². The van der Waals surface area contributed by atoms with E-state index in [4.69, 9.17) is 16.3 Å². The summed E-state index contributed by atoms with van der Waals surface area (Å²) >= 11 is 6.35. The second-order valence-electron chi connectivity index (χ2n) is 9.33. The molecule has 1 unspecified atom stereocenters. The second-order valence-corrected chi connectivity index (χ2v) is 9.60. The molecule has 0 heterocycles. The molecular weight excluding hydrogens is 416 g/mol. The van der Waals surface area contributed by atoms with E-state index in [1.807, 2.05) is 24.3 Å². The molecule has 0 saturated carbocycles. The quantitative estimate of drug-likeness (QED) is 0.164. The van der Waals surface area contributed by atoms with Gasteiger partial charge in [-0.05, 0) is 31.2 Å². The van der Waals surface area contributed by atoms with Crippen LogP contribution in [0.4, 0.5) is 0 Å². The molecule has 0 aromatic heterocycles. The third-order valence-corrected chi connectivity index (χ3v) is 7.36. The predicted octanol–water partition coefficient (Wildman–Crippen LogP) is 9.12. The summed E-state index contributed by atoms with van der Waals surface area (Å²) in [5, 5.41) is 2.28. The lowest BCUT2D eigenvalue weighted by Crippen LogP contribution is -2.33. The number of halogens is 1. The molecule has 0 N–H and O–H groups in total. The maximum atomic E-state index is 12.5. The van der Waals surface area contributed by atoms with E-state index in [0.29, 0.717) is 18.9 Å². The van der Waals surface area contributed by atoms with Gasteiger partial charge >= 0.3 is 0 Å². The van der Waals surface area contributed by atoms with Crippen molar-refractivity contribution in [3.8, 4) is 5.75 Å². The molecule has 0 fully saturated rings. The van der Waals surface area contributed by atoms with Crippen LogP contribution in [0.1, 0.15) is 97.3 Å². The average Bonchev–Trinajstić information content (AvgIpc) is 2.81. The van der Waals surface area contributed by atoms with Crippen LogP contribution < -0.4 is 4.74 Å². The summed E-state index contributed by atoms with van der Waals surface area (Å²) in [6.07, 6.45) is 16.0. The minimum absolute atomic E-state index is 0.195. The Kier molecular flexibility index (Phi) is 12.8. The van der Waals surface area contributed by atoms with E-state index in [2.05, 4.69) is 25.1 Å². The fourth-order valence-electron chi connectivity index (χ4n) is 4.51. The molecule has 0 radical (unpaired) electrons. The lowest BCUT2D eigenvalue weighted by Gasteiger charge is -2.29. The van der Waals surface area contributed by atoms with Crippen LogP contribution in [0, 0.1) is 5.41 Å². The van der Waals surface area contributed by atoms with Gasteiger partial charge in [-0.15, -0.1) is 11.6 Å². The molecular formula is C29H43ClO2. The van der Waals surface area contributed by atoms with E-state index in [1.54, 1.807) is 6.92 Å². The third-order valence-electron chi connectivity index (χ3n) is 6.85. The van der Waals surface area contributed by atoms with Crippen molar-refractivity contribution in [3.63, 3.8) is 0 Å². The van der Waals surface area contributed by atoms with Crippen LogP contribution in [0.25, 0.3) is 10.8 Å². The number of ketones is 1. The molecule has 2 rings (SSSR count). The van der Waals surface area contributed by atoms with Crippen LogP contribution in [0.15, 0.2) is 42.5 Å². The molecule has 0 aliphatic heterocycles. The van der Waals surface area contributed by atoms with Crippen LogP contribution >= 0.6 is 11.6 Å². The van der Waals surface area contributed by atoms with Crippen molar-refractivity contribution in [3.05, 3.63) is 42.5 Å². The zero-order chi connectivity index (χ0) is 23.1. The number of Topliss-reactive ketones (excluding diaryl/α,β-unsaturated/α-hetero) is 1.